The number of aryl methyl sites for hydroxylation is 1. The maximum atomic E-state index is 12.7. The summed E-state index contributed by atoms with van der Waals surface area (Å²) in [7, 11) is 0. The fraction of sp³-hybridized carbons (Fsp3) is 0.269. The van der Waals surface area contributed by atoms with Crippen LogP contribution in [0.4, 0.5) is 13.2 Å². The Kier molecular flexibility index (Phi) is 6.95. The van der Waals surface area contributed by atoms with Crippen LogP contribution in [0.3, 0.4) is 0 Å². The summed E-state index contributed by atoms with van der Waals surface area (Å²) in [5.74, 6) is 0.488. The van der Waals surface area contributed by atoms with Gasteiger partial charge >= 0.3 is 6.18 Å². The van der Waals surface area contributed by atoms with E-state index in [1.54, 1.807) is 18.5 Å². The third-order valence-corrected chi connectivity index (χ3v) is 5.62. The summed E-state index contributed by atoms with van der Waals surface area (Å²) >= 11 is 0. The summed E-state index contributed by atoms with van der Waals surface area (Å²) in [5, 5.41) is 3.09. The highest BCUT2D eigenvalue weighted by atomic mass is 19.4. The molecule has 34 heavy (non-hydrogen) atoms. The predicted molar refractivity (Wildman–Crippen MR) is 122 cm³/mol. The molecule has 0 saturated heterocycles. The molecule has 0 bridgehead atoms. The molecule has 0 atom stereocenters. The normalized spacial score (nSPS) is 16.1. The summed E-state index contributed by atoms with van der Waals surface area (Å²) in [4.78, 5) is 20.3. The van der Waals surface area contributed by atoms with Crippen LogP contribution in [0.1, 0.15) is 52.7 Å². The molecule has 2 aromatic heterocycles. The number of hydrogen-bond donors (Lipinski definition) is 1. The number of rotatable bonds is 5. The van der Waals surface area contributed by atoms with E-state index in [2.05, 4.69) is 21.4 Å². The molecule has 0 spiro atoms. The van der Waals surface area contributed by atoms with Gasteiger partial charge in [0.15, 0.2) is 0 Å². The molecule has 0 radical (unpaired) electrons. The smallest absolute Gasteiger partial charge is 0.417 e. The van der Waals surface area contributed by atoms with Crippen molar-refractivity contribution in [2.75, 3.05) is 0 Å². The third-order valence-electron chi connectivity index (χ3n) is 5.62. The zero-order valence-corrected chi connectivity index (χ0v) is 18.6. The second-order valence-electron chi connectivity index (χ2n) is 8.36. The molecule has 1 aliphatic carbocycles. The van der Waals surface area contributed by atoms with Gasteiger partial charge in [0.2, 0.25) is 5.88 Å². The number of nitrogens with zero attached hydrogens (tertiary/aromatic N) is 2. The van der Waals surface area contributed by atoms with Crippen molar-refractivity contribution in [1.82, 2.24) is 15.3 Å². The van der Waals surface area contributed by atoms with Gasteiger partial charge in [-0.3, -0.25) is 9.78 Å². The Labute approximate surface area is 195 Å². The number of amides is 1. The average molecular weight is 467 g/mol. The molecule has 5 nitrogen and oxygen atoms in total. The fourth-order valence-electron chi connectivity index (χ4n) is 3.86. The summed E-state index contributed by atoms with van der Waals surface area (Å²) in [5.41, 5.74) is 2.91. The van der Waals surface area contributed by atoms with Crippen LogP contribution >= 0.6 is 0 Å². The van der Waals surface area contributed by atoms with Crippen molar-refractivity contribution >= 4 is 12.0 Å². The molecular weight excluding hydrogens is 443 g/mol. The molecule has 1 aliphatic rings. The summed E-state index contributed by atoms with van der Waals surface area (Å²) in [6, 6.07) is 11.4. The molecule has 1 saturated carbocycles. The van der Waals surface area contributed by atoms with E-state index in [4.69, 9.17) is 4.74 Å². The Bertz CT molecular complexity index is 1180. The number of ether oxygens (including phenoxy) is 1. The summed E-state index contributed by atoms with van der Waals surface area (Å²) < 4.78 is 43.7. The van der Waals surface area contributed by atoms with Crippen molar-refractivity contribution in [2.45, 2.75) is 44.8 Å². The van der Waals surface area contributed by atoms with Gasteiger partial charge < -0.3 is 10.1 Å². The highest BCUT2D eigenvalue weighted by Crippen LogP contribution is 2.31. The van der Waals surface area contributed by atoms with Gasteiger partial charge in [-0.05, 0) is 68.0 Å². The lowest BCUT2D eigenvalue weighted by molar-refractivity contribution is -0.137. The first kappa shape index (κ1) is 23.5. The molecule has 1 aromatic carbocycles. The number of alkyl halides is 3. The maximum Gasteiger partial charge on any atom is 0.417 e. The van der Waals surface area contributed by atoms with E-state index in [1.807, 2.05) is 31.2 Å². The number of benzene rings is 1. The first-order valence-corrected chi connectivity index (χ1v) is 11.0. The number of carbonyl (C=O) groups is 1. The topological polar surface area (TPSA) is 64.1 Å². The van der Waals surface area contributed by atoms with Crippen LogP contribution in [0.15, 0.2) is 66.6 Å². The lowest BCUT2D eigenvalue weighted by Crippen LogP contribution is -2.36. The van der Waals surface area contributed by atoms with Crippen molar-refractivity contribution < 1.29 is 22.7 Å². The average Bonchev–Trinajstić information content (AvgIpc) is 2.80. The molecule has 1 amide bonds. The van der Waals surface area contributed by atoms with Crippen molar-refractivity contribution in [3.8, 4) is 11.6 Å². The van der Waals surface area contributed by atoms with Gasteiger partial charge in [-0.15, -0.1) is 0 Å². The number of pyridine rings is 2. The molecule has 4 rings (SSSR count). The van der Waals surface area contributed by atoms with E-state index < -0.39 is 11.7 Å². The Morgan fingerprint density at radius 1 is 1.09 bits per heavy atom. The first-order chi connectivity index (χ1) is 16.3. The molecule has 8 heteroatoms. The van der Waals surface area contributed by atoms with Crippen molar-refractivity contribution in [1.29, 1.82) is 0 Å². The Hall–Kier alpha value is -3.68. The first-order valence-electron chi connectivity index (χ1n) is 11.0. The fourth-order valence-corrected chi connectivity index (χ4v) is 3.86. The number of carbonyl (C=O) groups excluding carboxylic acids is 1. The molecule has 1 N–H and O–H groups in total. The van der Waals surface area contributed by atoms with E-state index in [0.29, 0.717) is 11.3 Å². The summed E-state index contributed by atoms with van der Waals surface area (Å²) in [6.07, 6.45) is 5.14. The van der Waals surface area contributed by atoms with Gasteiger partial charge in [0, 0.05) is 30.7 Å². The van der Waals surface area contributed by atoms with Crippen LogP contribution in [0.2, 0.25) is 0 Å². The SMILES string of the molecule is Cc1cncc(C(=O)NC2CCC(=Cc3cccc(Oc4ccc(C(F)(F)F)cn4)c3)CC2)c1. The molecular formula is C26H24F3N3O2. The molecule has 0 aliphatic heterocycles. The van der Waals surface area contributed by atoms with Gasteiger partial charge in [-0.25, -0.2) is 4.98 Å². The van der Waals surface area contributed by atoms with Crippen molar-refractivity contribution in [3.63, 3.8) is 0 Å². The number of allylic oxidation sites excluding steroid dienone is 1. The molecule has 0 unspecified atom stereocenters. The standard InChI is InChI=1S/C26H24F3N3O2/c1-17-11-20(15-30-14-17)25(33)32-22-8-5-18(6-9-22)12-19-3-2-4-23(13-19)34-24-10-7-21(16-31-24)26(27,28)29/h2-4,7,10-16,22H,5-6,8-9H2,1H3,(H,32,33). The van der Waals surface area contributed by atoms with Crippen LogP contribution in [-0.4, -0.2) is 21.9 Å². The second kappa shape index (κ2) is 10.1. The van der Waals surface area contributed by atoms with E-state index in [1.165, 1.54) is 11.6 Å². The molecule has 1 fully saturated rings. The molecule has 2 heterocycles. The number of nitrogens with one attached hydrogen (secondary N) is 1. The minimum absolute atomic E-state index is 0.0952. The maximum absolute atomic E-state index is 12.7. The van der Waals surface area contributed by atoms with Crippen LogP contribution in [0, 0.1) is 6.92 Å². The van der Waals surface area contributed by atoms with E-state index in [-0.39, 0.29) is 17.8 Å². The third kappa shape index (κ3) is 6.21. The Morgan fingerprint density at radius 3 is 2.56 bits per heavy atom. The minimum Gasteiger partial charge on any atom is -0.439 e. The van der Waals surface area contributed by atoms with Gasteiger partial charge in [0.1, 0.15) is 5.75 Å². The van der Waals surface area contributed by atoms with E-state index in [9.17, 15) is 18.0 Å². The Balaban J connectivity index is 1.33. The highest BCUT2D eigenvalue weighted by Gasteiger charge is 2.30. The molecule has 3 aromatic rings. The van der Waals surface area contributed by atoms with Crippen molar-refractivity contribution in [3.05, 3.63) is 88.9 Å². The van der Waals surface area contributed by atoms with E-state index in [0.717, 1.165) is 49.1 Å². The molecule has 176 valence electrons. The zero-order valence-electron chi connectivity index (χ0n) is 18.6. The quantitative estimate of drug-likeness (QED) is 0.475. The highest BCUT2D eigenvalue weighted by molar-refractivity contribution is 5.94. The van der Waals surface area contributed by atoms with Gasteiger partial charge in [0.05, 0.1) is 11.1 Å². The van der Waals surface area contributed by atoms with Crippen molar-refractivity contribution in [2.24, 2.45) is 0 Å². The van der Waals surface area contributed by atoms with Gasteiger partial charge in [0.25, 0.3) is 5.91 Å². The van der Waals surface area contributed by atoms with E-state index >= 15 is 0 Å². The number of aromatic nitrogens is 2. The lowest BCUT2D eigenvalue weighted by Gasteiger charge is -2.25. The zero-order chi connectivity index (χ0) is 24.1. The Morgan fingerprint density at radius 2 is 1.88 bits per heavy atom. The summed E-state index contributed by atoms with van der Waals surface area (Å²) in [6.45, 7) is 1.90. The van der Waals surface area contributed by atoms with Gasteiger partial charge in [-0.2, -0.15) is 13.2 Å². The second-order valence-corrected chi connectivity index (χ2v) is 8.36. The number of halogens is 3. The number of hydrogen-bond acceptors (Lipinski definition) is 4. The van der Waals surface area contributed by atoms with Crippen LogP contribution in [-0.2, 0) is 6.18 Å². The van der Waals surface area contributed by atoms with Crippen LogP contribution < -0.4 is 10.1 Å². The van der Waals surface area contributed by atoms with Gasteiger partial charge in [-0.1, -0.05) is 23.8 Å². The monoisotopic (exact) mass is 467 g/mol. The lowest BCUT2D eigenvalue weighted by atomic mass is 9.89. The van der Waals surface area contributed by atoms with Crippen LogP contribution in [0.25, 0.3) is 6.08 Å². The minimum atomic E-state index is -4.43. The largest absolute Gasteiger partial charge is 0.439 e. The van der Waals surface area contributed by atoms with Crippen LogP contribution in [0.5, 0.6) is 11.6 Å². The predicted octanol–water partition coefficient (Wildman–Crippen LogP) is 6.35.